The first kappa shape index (κ1) is 14.5. The number of carboxylic acid groups (broad SMARTS) is 1. The second-order valence-corrected chi connectivity index (χ2v) is 5.38. The van der Waals surface area contributed by atoms with Gasteiger partial charge in [-0.3, -0.25) is 4.79 Å². The SMILES string of the molecule is O=C(O)c1cccc(N2C(=O)CN(CC3CCCO3)C2=O)c1. The van der Waals surface area contributed by atoms with Gasteiger partial charge in [-0.25, -0.2) is 14.5 Å². The first-order chi connectivity index (χ1) is 10.6. The summed E-state index contributed by atoms with van der Waals surface area (Å²) < 4.78 is 5.49. The van der Waals surface area contributed by atoms with Crippen molar-refractivity contribution in [1.29, 1.82) is 0 Å². The van der Waals surface area contributed by atoms with Crippen LogP contribution in [0.5, 0.6) is 0 Å². The number of hydrogen-bond donors (Lipinski definition) is 1. The number of benzene rings is 1. The number of carbonyl (C=O) groups excluding carboxylic acids is 2. The molecular weight excluding hydrogens is 288 g/mol. The van der Waals surface area contributed by atoms with E-state index >= 15 is 0 Å². The number of nitrogens with zero attached hydrogens (tertiary/aromatic N) is 2. The number of imide groups is 1. The molecule has 0 bridgehead atoms. The Hall–Kier alpha value is -2.41. The molecular formula is C15H16N2O5. The van der Waals surface area contributed by atoms with Crippen molar-refractivity contribution in [3.8, 4) is 0 Å². The zero-order valence-corrected chi connectivity index (χ0v) is 11.9. The molecule has 3 rings (SSSR count). The van der Waals surface area contributed by atoms with Gasteiger partial charge in [0, 0.05) is 13.2 Å². The van der Waals surface area contributed by atoms with Crippen molar-refractivity contribution in [3.63, 3.8) is 0 Å². The Morgan fingerprint density at radius 1 is 1.36 bits per heavy atom. The van der Waals surface area contributed by atoms with Gasteiger partial charge in [-0.15, -0.1) is 0 Å². The van der Waals surface area contributed by atoms with E-state index < -0.39 is 12.0 Å². The van der Waals surface area contributed by atoms with Gasteiger partial charge in [-0.05, 0) is 31.0 Å². The second kappa shape index (κ2) is 5.76. The summed E-state index contributed by atoms with van der Waals surface area (Å²) >= 11 is 0. The summed E-state index contributed by atoms with van der Waals surface area (Å²) in [5.41, 5.74) is 0.320. The molecule has 0 spiro atoms. The van der Waals surface area contributed by atoms with Crippen molar-refractivity contribution >= 4 is 23.6 Å². The van der Waals surface area contributed by atoms with Gasteiger partial charge in [0.2, 0.25) is 0 Å². The van der Waals surface area contributed by atoms with Crippen molar-refractivity contribution in [2.24, 2.45) is 0 Å². The number of carboxylic acids is 1. The second-order valence-electron chi connectivity index (χ2n) is 5.38. The maximum absolute atomic E-state index is 12.4. The van der Waals surface area contributed by atoms with Crippen LogP contribution < -0.4 is 4.90 Å². The minimum absolute atomic E-state index is 0.00398. The van der Waals surface area contributed by atoms with Crippen LogP contribution in [-0.2, 0) is 9.53 Å². The van der Waals surface area contributed by atoms with Gasteiger partial charge in [0.05, 0.1) is 17.4 Å². The fraction of sp³-hybridized carbons (Fsp3) is 0.400. The lowest BCUT2D eigenvalue weighted by atomic mass is 10.2. The van der Waals surface area contributed by atoms with Crippen LogP contribution in [0, 0.1) is 0 Å². The highest BCUT2D eigenvalue weighted by Gasteiger charge is 2.38. The van der Waals surface area contributed by atoms with Gasteiger partial charge in [-0.1, -0.05) is 6.07 Å². The molecule has 2 aliphatic heterocycles. The zero-order valence-electron chi connectivity index (χ0n) is 11.9. The fourth-order valence-corrected chi connectivity index (χ4v) is 2.76. The zero-order chi connectivity index (χ0) is 15.7. The van der Waals surface area contributed by atoms with Gasteiger partial charge in [0.25, 0.3) is 5.91 Å². The Morgan fingerprint density at radius 3 is 2.86 bits per heavy atom. The molecule has 1 N–H and O–H groups in total. The largest absolute Gasteiger partial charge is 0.478 e. The fourth-order valence-electron chi connectivity index (χ4n) is 2.76. The molecule has 1 aromatic rings. The number of hydrogen-bond acceptors (Lipinski definition) is 4. The summed E-state index contributed by atoms with van der Waals surface area (Å²) in [6, 6.07) is 5.39. The molecule has 2 fully saturated rings. The van der Waals surface area contributed by atoms with E-state index in [1.165, 1.54) is 23.1 Å². The molecule has 0 radical (unpaired) electrons. The van der Waals surface area contributed by atoms with Crippen molar-refractivity contribution < 1.29 is 24.2 Å². The Kier molecular flexibility index (Phi) is 3.81. The number of amides is 3. The van der Waals surface area contributed by atoms with E-state index in [-0.39, 0.29) is 29.8 Å². The maximum Gasteiger partial charge on any atom is 0.335 e. The standard InChI is InChI=1S/C15H16N2O5/c18-13-9-16(8-12-5-2-6-22-12)15(21)17(13)11-4-1-3-10(7-11)14(19)20/h1,3-4,7,12H,2,5-6,8-9H2,(H,19,20). The molecule has 1 atom stereocenters. The summed E-state index contributed by atoms with van der Waals surface area (Å²) in [4.78, 5) is 38.0. The highest BCUT2D eigenvalue weighted by Crippen LogP contribution is 2.24. The number of ether oxygens (including phenoxy) is 1. The van der Waals surface area contributed by atoms with Crippen LogP contribution in [0.2, 0.25) is 0 Å². The minimum atomic E-state index is -1.10. The molecule has 22 heavy (non-hydrogen) atoms. The van der Waals surface area contributed by atoms with E-state index in [1.807, 2.05) is 0 Å². The molecule has 0 aromatic heterocycles. The average molecular weight is 304 g/mol. The Labute approximate surface area is 127 Å². The first-order valence-electron chi connectivity index (χ1n) is 7.13. The van der Waals surface area contributed by atoms with E-state index in [1.54, 1.807) is 6.07 Å². The monoisotopic (exact) mass is 304 g/mol. The molecule has 1 aromatic carbocycles. The van der Waals surface area contributed by atoms with Crippen LogP contribution in [-0.4, -0.2) is 53.7 Å². The van der Waals surface area contributed by atoms with Gasteiger partial charge in [0.15, 0.2) is 0 Å². The first-order valence-corrected chi connectivity index (χ1v) is 7.13. The third-order valence-electron chi connectivity index (χ3n) is 3.84. The van der Waals surface area contributed by atoms with Crippen molar-refractivity contribution in [1.82, 2.24) is 4.90 Å². The lowest BCUT2D eigenvalue weighted by molar-refractivity contribution is -0.116. The Balaban J connectivity index is 1.79. The summed E-state index contributed by atoms with van der Waals surface area (Å²) in [6.07, 6.45) is 1.82. The summed E-state index contributed by atoms with van der Waals surface area (Å²) in [5, 5.41) is 9.01. The normalized spacial score (nSPS) is 21.7. The number of anilines is 1. The van der Waals surface area contributed by atoms with E-state index in [0.717, 1.165) is 17.7 Å². The maximum atomic E-state index is 12.4. The predicted molar refractivity (Wildman–Crippen MR) is 76.8 cm³/mol. The lowest BCUT2D eigenvalue weighted by Gasteiger charge is -2.20. The van der Waals surface area contributed by atoms with Crippen LogP contribution >= 0.6 is 0 Å². The summed E-state index contributed by atoms with van der Waals surface area (Å²) in [7, 11) is 0. The molecule has 116 valence electrons. The van der Waals surface area contributed by atoms with E-state index in [0.29, 0.717) is 13.2 Å². The molecule has 7 nitrogen and oxygen atoms in total. The minimum Gasteiger partial charge on any atom is -0.478 e. The molecule has 2 heterocycles. The molecule has 2 aliphatic rings. The number of aromatic carboxylic acids is 1. The molecule has 0 saturated carbocycles. The molecule has 2 saturated heterocycles. The van der Waals surface area contributed by atoms with Crippen LogP contribution in [0.15, 0.2) is 24.3 Å². The van der Waals surface area contributed by atoms with Crippen molar-refractivity contribution in [2.75, 3.05) is 24.6 Å². The average Bonchev–Trinajstić information content (AvgIpc) is 3.08. The smallest absolute Gasteiger partial charge is 0.335 e. The van der Waals surface area contributed by atoms with Gasteiger partial charge in [0.1, 0.15) is 6.54 Å². The Bertz CT molecular complexity index is 624. The summed E-state index contributed by atoms with van der Waals surface area (Å²) in [5.74, 6) is -1.46. The quantitative estimate of drug-likeness (QED) is 0.848. The highest BCUT2D eigenvalue weighted by molar-refractivity contribution is 6.20. The van der Waals surface area contributed by atoms with Crippen LogP contribution in [0.3, 0.4) is 0 Å². The highest BCUT2D eigenvalue weighted by atomic mass is 16.5. The van der Waals surface area contributed by atoms with Crippen LogP contribution in [0.4, 0.5) is 10.5 Å². The van der Waals surface area contributed by atoms with E-state index in [9.17, 15) is 14.4 Å². The lowest BCUT2D eigenvalue weighted by Crippen LogP contribution is -2.37. The number of rotatable bonds is 4. The number of urea groups is 1. The van der Waals surface area contributed by atoms with E-state index in [4.69, 9.17) is 9.84 Å². The van der Waals surface area contributed by atoms with Crippen LogP contribution in [0.1, 0.15) is 23.2 Å². The molecule has 1 unspecified atom stereocenters. The number of carbonyl (C=O) groups is 3. The third-order valence-corrected chi connectivity index (χ3v) is 3.84. The van der Waals surface area contributed by atoms with Crippen molar-refractivity contribution in [2.45, 2.75) is 18.9 Å². The van der Waals surface area contributed by atoms with E-state index in [2.05, 4.69) is 0 Å². The molecule has 3 amide bonds. The third kappa shape index (κ3) is 2.67. The van der Waals surface area contributed by atoms with Gasteiger partial charge < -0.3 is 14.7 Å². The van der Waals surface area contributed by atoms with Crippen LogP contribution in [0.25, 0.3) is 0 Å². The van der Waals surface area contributed by atoms with Crippen molar-refractivity contribution in [3.05, 3.63) is 29.8 Å². The van der Waals surface area contributed by atoms with Gasteiger partial charge >= 0.3 is 12.0 Å². The van der Waals surface area contributed by atoms with Gasteiger partial charge in [-0.2, -0.15) is 0 Å². The predicted octanol–water partition coefficient (Wildman–Crippen LogP) is 1.33. The Morgan fingerprint density at radius 2 is 2.18 bits per heavy atom. The summed E-state index contributed by atoms with van der Waals surface area (Å²) in [6.45, 7) is 1.07. The topological polar surface area (TPSA) is 87.2 Å². The molecule has 0 aliphatic carbocycles. The molecule has 7 heteroatoms.